The molecule has 3 aromatic rings. The van der Waals surface area contributed by atoms with Crippen LogP contribution in [0.3, 0.4) is 0 Å². The third kappa shape index (κ3) is 4.03. The Balaban J connectivity index is 2.07. The van der Waals surface area contributed by atoms with Gasteiger partial charge in [0, 0.05) is 17.8 Å². The predicted molar refractivity (Wildman–Crippen MR) is 101 cm³/mol. The smallest absolute Gasteiger partial charge is 0.416 e. The number of rotatable bonds is 5. The monoisotopic (exact) mass is 388 g/mol. The lowest BCUT2D eigenvalue weighted by Gasteiger charge is -2.07. The molecule has 0 aliphatic carbocycles. The van der Waals surface area contributed by atoms with Crippen molar-refractivity contribution in [2.45, 2.75) is 13.1 Å². The maximum absolute atomic E-state index is 12.8. The van der Waals surface area contributed by atoms with Crippen molar-refractivity contribution in [3.63, 3.8) is 0 Å². The SMILES string of the molecule is CCNC(=O)c1cc(-c2ccc(C(F)(F)F)cc2)[nH]c1-c1cccc(OC)c1. The van der Waals surface area contributed by atoms with E-state index in [1.165, 1.54) is 12.1 Å². The lowest BCUT2D eigenvalue weighted by molar-refractivity contribution is -0.137. The minimum absolute atomic E-state index is 0.269. The molecule has 0 spiro atoms. The third-order valence-electron chi connectivity index (χ3n) is 4.28. The first-order valence-corrected chi connectivity index (χ1v) is 8.66. The van der Waals surface area contributed by atoms with Crippen LogP contribution in [0.5, 0.6) is 5.75 Å². The summed E-state index contributed by atoms with van der Waals surface area (Å²) >= 11 is 0. The molecule has 0 bridgehead atoms. The van der Waals surface area contributed by atoms with E-state index in [1.54, 1.807) is 31.4 Å². The van der Waals surface area contributed by atoms with E-state index < -0.39 is 11.7 Å². The molecule has 0 aliphatic heterocycles. The Morgan fingerprint density at radius 1 is 1.07 bits per heavy atom. The molecule has 0 unspecified atom stereocenters. The zero-order valence-corrected chi connectivity index (χ0v) is 15.4. The molecule has 3 rings (SSSR count). The molecule has 0 radical (unpaired) electrons. The van der Waals surface area contributed by atoms with Crippen molar-refractivity contribution >= 4 is 5.91 Å². The van der Waals surface area contributed by atoms with E-state index in [0.29, 0.717) is 34.8 Å². The highest BCUT2D eigenvalue weighted by Gasteiger charge is 2.30. The molecule has 7 heteroatoms. The van der Waals surface area contributed by atoms with E-state index in [-0.39, 0.29) is 5.91 Å². The number of aromatic amines is 1. The lowest BCUT2D eigenvalue weighted by atomic mass is 10.1. The first kappa shape index (κ1) is 19.5. The number of carbonyl (C=O) groups is 1. The Morgan fingerprint density at radius 2 is 1.79 bits per heavy atom. The van der Waals surface area contributed by atoms with Gasteiger partial charge >= 0.3 is 6.18 Å². The van der Waals surface area contributed by atoms with Crippen LogP contribution < -0.4 is 10.1 Å². The fourth-order valence-electron chi connectivity index (χ4n) is 2.89. The van der Waals surface area contributed by atoms with Crippen LogP contribution in [0.1, 0.15) is 22.8 Å². The number of hydrogen-bond acceptors (Lipinski definition) is 2. The maximum atomic E-state index is 12.8. The molecule has 0 saturated heterocycles. The Kier molecular flexibility index (Phi) is 5.44. The summed E-state index contributed by atoms with van der Waals surface area (Å²) in [6.45, 7) is 2.27. The standard InChI is InChI=1S/C21H19F3N2O2/c1-3-25-20(27)17-12-18(13-7-9-15(10-8-13)21(22,23)24)26-19(17)14-5-4-6-16(11-14)28-2/h4-12,26H,3H2,1-2H3,(H,25,27). The van der Waals surface area contributed by atoms with Crippen molar-refractivity contribution < 1.29 is 22.7 Å². The van der Waals surface area contributed by atoms with Crippen LogP contribution in [0.25, 0.3) is 22.5 Å². The van der Waals surface area contributed by atoms with Gasteiger partial charge in [-0.1, -0.05) is 24.3 Å². The Bertz CT molecular complexity index is 976. The van der Waals surface area contributed by atoms with Crippen molar-refractivity contribution in [2.24, 2.45) is 0 Å². The minimum Gasteiger partial charge on any atom is -0.497 e. The van der Waals surface area contributed by atoms with Gasteiger partial charge in [-0.25, -0.2) is 0 Å². The molecule has 1 aromatic heterocycles. The topological polar surface area (TPSA) is 54.1 Å². The number of nitrogens with one attached hydrogen (secondary N) is 2. The van der Waals surface area contributed by atoms with Crippen LogP contribution in [-0.2, 0) is 6.18 Å². The number of amides is 1. The Morgan fingerprint density at radius 3 is 2.39 bits per heavy atom. The fraction of sp³-hybridized carbons (Fsp3) is 0.190. The summed E-state index contributed by atoms with van der Waals surface area (Å²) < 4.78 is 43.6. The summed E-state index contributed by atoms with van der Waals surface area (Å²) in [5.74, 6) is 0.361. The van der Waals surface area contributed by atoms with Crippen LogP contribution in [0, 0.1) is 0 Å². The van der Waals surface area contributed by atoms with Crippen molar-refractivity contribution in [1.82, 2.24) is 10.3 Å². The molecule has 2 aromatic carbocycles. The van der Waals surface area contributed by atoms with Gasteiger partial charge in [0.2, 0.25) is 0 Å². The van der Waals surface area contributed by atoms with Crippen LogP contribution >= 0.6 is 0 Å². The maximum Gasteiger partial charge on any atom is 0.416 e. The van der Waals surface area contributed by atoms with Crippen molar-refractivity contribution in [3.8, 4) is 28.3 Å². The second-order valence-electron chi connectivity index (χ2n) is 6.14. The number of alkyl halides is 3. The second-order valence-corrected chi connectivity index (χ2v) is 6.14. The normalized spacial score (nSPS) is 11.3. The zero-order valence-electron chi connectivity index (χ0n) is 15.4. The van der Waals surface area contributed by atoms with Crippen LogP contribution in [0.15, 0.2) is 54.6 Å². The summed E-state index contributed by atoms with van der Waals surface area (Å²) in [5.41, 5.74) is 2.09. The molecule has 0 atom stereocenters. The average Bonchev–Trinajstić information content (AvgIpc) is 3.13. The molecule has 2 N–H and O–H groups in total. The van der Waals surface area contributed by atoms with E-state index in [1.807, 2.05) is 13.0 Å². The molecule has 0 fully saturated rings. The van der Waals surface area contributed by atoms with E-state index in [2.05, 4.69) is 10.3 Å². The predicted octanol–water partition coefficient (Wildman–Crippen LogP) is 5.13. The number of hydrogen-bond donors (Lipinski definition) is 2. The number of H-pyrrole nitrogens is 1. The molecule has 1 heterocycles. The Hall–Kier alpha value is -3.22. The van der Waals surface area contributed by atoms with Crippen LogP contribution in [0.2, 0.25) is 0 Å². The molecule has 0 saturated carbocycles. The average molecular weight is 388 g/mol. The van der Waals surface area contributed by atoms with E-state index >= 15 is 0 Å². The Labute approximate surface area is 160 Å². The summed E-state index contributed by atoms with van der Waals surface area (Å²) in [7, 11) is 1.55. The van der Waals surface area contributed by atoms with Gasteiger partial charge in [0.25, 0.3) is 5.91 Å². The van der Waals surface area contributed by atoms with E-state index in [4.69, 9.17) is 4.74 Å². The van der Waals surface area contributed by atoms with Gasteiger partial charge in [-0.2, -0.15) is 13.2 Å². The number of benzene rings is 2. The highest BCUT2D eigenvalue weighted by Crippen LogP contribution is 2.33. The number of ether oxygens (including phenoxy) is 1. The quantitative estimate of drug-likeness (QED) is 0.637. The molecular weight excluding hydrogens is 369 g/mol. The number of carbonyl (C=O) groups excluding carboxylic acids is 1. The largest absolute Gasteiger partial charge is 0.497 e. The van der Waals surface area contributed by atoms with Crippen molar-refractivity contribution in [3.05, 3.63) is 65.7 Å². The van der Waals surface area contributed by atoms with E-state index in [9.17, 15) is 18.0 Å². The third-order valence-corrected chi connectivity index (χ3v) is 4.28. The first-order valence-electron chi connectivity index (χ1n) is 8.66. The molecule has 1 amide bonds. The second kappa shape index (κ2) is 7.80. The minimum atomic E-state index is -4.40. The van der Waals surface area contributed by atoms with E-state index in [0.717, 1.165) is 17.7 Å². The summed E-state index contributed by atoms with van der Waals surface area (Å²) in [4.78, 5) is 15.7. The number of aromatic nitrogens is 1. The summed E-state index contributed by atoms with van der Waals surface area (Å²) in [5, 5.41) is 2.76. The molecule has 0 aliphatic rings. The van der Waals surface area contributed by atoms with Crippen molar-refractivity contribution in [2.75, 3.05) is 13.7 Å². The fourth-order valence-corrected chi connectivity index (χ4v) is 2.89. The van der Waals surface area contributed by atoms with Gasteiger partial charge in [0.05, 0.1) is 23.9 Å². The molecule has 146 valence electrons. The van der Waals surface area contributed by atoms with Gasteiger partial charge in [-0.05, 0) is 42.8 Å². The summed E-state index contributed by atoms with van der Waals surface area (Å²) in [6, 6.07) is 13.6. The highest BCUT2D eigenvalue weighted by molar-refractivity contribution is 6.01. The number of halogens is 3. The van der Waals surface area contributed by atoms with Gasteiger partial charge in [0.15, 0.2) is 0 Å². The molecule has 4 nitrogen and oxygen atoms in total. The molecule has 28 heavy (non-hydrogen) atoms. The van der Waals surface area contributed by atoms with Gasteiger partial charge in [0.1, 0.15) is 5.75 Å². The van der Waals surface area contributed by atoms with Crippen LogP contribution in [0.4, 0.5) is 13.2 Å². The number of methoxy groups -OCH3 is 1. The van der Waals surface area contributed by atoms with Gasteiger partial charge in [-0.3, -0.25) is 4.79 Å². The molecular formula is C21H19F3N2O2. The van der Waals surface area contributed by atoms with Gasteiger partial charge < -0.3 is 15.0 Å². The zero-order chi connectivity index (χ0) is 20.3. The highest BCUT2D eigenvalue weighted by atomic mass is 19.4. The van der Waals surface area contributed by atoms with Gasteiger partial charge in [-0.15, -0.1) is 0 Å². The first-order chi connectivity index (χ1) is 13.3. The lowest BCUT2D eigenvalue weighted by Crippen LogP contribution is -2.22. The van der Waals surface area contributed by atoms with Crippen molar-refractivity contribution in [1.29, 1.82) is 0 Å². The van der Waals surface area contributed by atoms with Crippen LogP contribution in [-0.4, -0.2) is 24.5 Å². The summed E-state index contributed by atoms with van der Waals surface area (Å²) in [6.07, 6.45) is -4.40.